The van der Waals surface area contributed by atoms with Crippen molar-refractivity contribution >= 4 is 56.4 Å². The van der Waals surface area contributed by atoms with Gasteiger partial charge in [0.1, 0.15) is 0 Å². The van der Waals surface area contributed by atoms with Gasteiger partial charge < -0.3 is 5.32 Å². The SMILES string of the molecule is CC(NC(=O)c1cc(Cl)cc(Br)c1)c1ccc(Cl)s1. The maximum atomic E-state index is 12.1. The Bertz CT molecular complexity index is 594. The number of nitrogens with one attached hydrogen (secondary N) is 1. The zero-order valence-electron chi connectivity index (χ0n) is 9.91. The Morgan fingerprint density at radius 2 is 2.05 bits per heavy atom. The molecule has 0 fully saturated rings. The second-order valence-corrected chi connectivity index (χ2v) is 7.09. The minimum absolute atomic E-state index is 0.0947. The molecule has 0 aliphatic carbocycles. The standard InChI is InChI=1S/C13H10BrCl2NOS/c1-7(11-2-3-12(16)19-11)17-13(18)8-4-9(14)6-10(15)5-8/h2-7H,1H3,(H,17,18). The highest BCUT2D eigenvalue weighted by molar-refractivity contribution is 9.10. The molecule has 0 bridgehead atoms. The fraction of sp³-hybridized carbons (Fsp3) is 0.154. The molecule has 2 rings (SSSR count). The van der Waals surface area contributed by atoms with Crippen LogP contribution in [0.15, 0.2) is 34.8 Å². The van der Waals surface area contributed by atoms with Crippen LogP contribution in [0.2, 0.25) is 9.36 Å². The van der Waals surface area contributed by atoms with Gasteiger partial charge in [-0.05, 0) is 37.3 Å². The summed E-state index contributed by atoms with van der Waals surface area (Å²) in [5, 5.41) is 3.43. The first kappa shape index (κ1) is 14.9. The molecule has 0 spiro atoms. The molecule has 19 heavy (non-hydrogen) atoms. The Kier molecular flexibility index (Phi) is 4.90. The zero-order chi connectivity index (χ0) is 14.0. The normalized spacial score (nSPS) is 12.2. The molecule has 0 aliphatic heterocycles. The van der Waals surface area contributed by atoms with Crippen molar-refractivity contribution in [1.29, 1.82) is 0 Å². The molecule has 0 saturated carbocycles. The Balaban J connectivity index is 2.12. The zero-order valence-corrected chi connectivity index (χ0v) is 13.8. The molecule has 0 saturated heterocycles. The topological polar surface area (TPSA) is 29.1 Å². The van der Waals surface area contributed by atoms with E-state index >= 15 is 0 Å². The van der Waals surface area contributed by atoms with Crippen LogP contribution in [-0.2, 0) is 0 Å². The third-order valence-corrected chi connectivity index (χ3v) is 4.58. The number of amides is 1. The lowest BCUT2D eigenvalue weighted by Gasteiger charge is -2.12. The molecule has 100 valence electrons. The second-order valence-electron chi connectivity index (χ2n) is 4.00. The van der Waals surface area contributed by atoms with E-state index in [4.69, 9.17) is 23.2 Å². The van der Waals surface area contributed by atoms with Gasteiger partial charge in [-0.3, -0.25) is 4.79 Å². The van der Waals surface area contributed by atoms with Crippen LogP contribution in [-0.4, -0.2) is 5.91 Å². The van der Waals surface area contributed by atoms with Crippen LogP contribution in [0, 0.1) is 0 Å². The van der Waals surface area contributed by atoms with Gasteiger partial charge in [0.2, 0.25) is 0 Å². The van der Waals surface area contributed by atoms with Gasteiger partial charge in [0.15, 0.2) is 0 Å². The Labute approximate surface area is 133 Å². The highest BCUT2D eigenvalue weighted by Crippen LogP contribution is 2.27. The van der Waals surface area contributed by atoms with Crippen LogP contribution in [0.4, 0.5) is 0 Å². The van der Waals surface area contributed by atoms with E-state index < -0.39 is 0 Å². The van der Waals surface area contributed by atoms with Crippen LogP contribution >= 0.6 is 50.5 Å². The Hall–Kier alpha value is -0.550. The van der Waals surface area contributed by atoms with Crippen molar-refractivity contribution in [1.82, 2.24) is 5.32 Å². The van der Waals surface area contributed by atoms with Gasteiger partial charge in [-0.2, -0.15) is 0 Å². The molecule has 1 unspecified atom stereocenters. The van der Waals surface area contributed by atoms with E-state index in [1.54, 1.807) is 18.2 Å². The van der Waals surface area contributed by atoms with Gasteiger partial charge in [0.25, 0.3) is 5.91 Å². The van der Waals surface area contributed by atoms with Crippen molar-refractivity contribution in [2.75, 3.05) is 0 Å². The highest BCUT2D eigenvalue weighted by atomic mass is 79.9. The molecule has 1 N–H and O–H groups in total. The molecule has 1 amide bonds. The maximum Gasteiger partial charge on any atom is 0.251 e. The van der Waals surface area contributed by atoms with Crippen molar-refractivity contribution in [3.05, 3.63) is 54.6 Å². The van der Waals surface area contributed by atoms with Crippen molar-refractivity contribution in [2.45, 2.75) is 13.0 Å². The monoisotopic (exact) mass is 377 g/mol. The third-order valence-electron chi connectivity index (χ3n) is 2.49. The average Bonchev–Trinajstić information content (AvgIpc) is 2.74. The van der Waals surface area contributed by atoms with Gasteiger partial charge in [0, 0.05) is 19.9 Å². The summed E-state index contributed by atoms with van der Waals surface area (Å²) in [7, 11) is 0. The largest absolute Gasteiger partial charge is 0.345 e. The third kappa shape index (κ3) is 3.96. The summed E-state index contributed by atoms with van der Waals surface area (Å²) in [4.78, 5) is 13.1. The van der Waals surface area contributed by atoms with Crippen molar-refractivity contribution in [3.63, 3.8) is 0 Å². The smallest absolute Gasteiger partial charge is 0.251 e. The van der Waals surface area contributed by atoms with Crippen LogP contribution in [0.5, 0.6) is 0 Å². The van der Waals surface area contributed by atoms with E-state index in [0.717, 1.165) is 9.35 Å². The summed E-state index contributed by atoms with van der Waals surface area (Å²) in [6.45, 7) is 1.92. The van der Waals surface area contributed by atoms with E-state index in [1.807, 2.05) is 19.1 Å². The Morgan fingerprint density at radius 1 is 1.32 bits per heavy atom. The predicted molar refractivity (Wildman–Crippen MR) is 84.4 cm³/mol. The van der Waals surface area contributed by atoms with Crippen molar-refractivity contribution in [2.24, 2.45) is 0 Å². The molecular weight excluding hydrogens is 369 g/mol. The summed E-state index contributed by atoms with van der Waals surface area (Å²) in [6.07, 6.45) is 0. The fourth-order valence-electron chi connectivity index (χ4n) is 1.60. The van der Waals surface area contributed by atoms with Gasteiger partial charge in [-0.15, -0.1) is 11.3 Å². The molecule has 1 atom stereocenters. The Morgan fingerprint density at radius 3 is 2.63 bits per heavy atom. The number of carbonyl (C=O) groups excluding carboxylic acids is 1. The summed E-state index contributed by atoms with van der Waals surface area (Å²) in [5.74, 6) is -0.166. The number of thiophene rings is 1. The number of hydrogen-bond donors (Lipinski definition) is 1. The molecule has 6 heteroatoms. The predicted octanol–water partition coefficient (Wildman–Crippen LogP) is 5.31. The van der Waals surface area contributed by atoms with E-state index in [0.29, 0.717) is 14.9 Å². The lowest BCUT2D eigenvalue weighted by atomic mass is 10.2. The summed E-state index contributed by atoms with van der Waals surface area (Å²) < 4.78 is 1.48. The first-order valence-corrected chi connectivity index (χ1v) is 7.84. The van der Waals surface area contributed by atoms with E-state index in [1.165, 1.54) is 11.3 Å². The molecule has 1 heterocycles. The number of hydrogen-bond acceptors (Lipinski definition) is 2. The average molecular weight is 379 g/mol. The number of carbonyl (C=O) groups is 1. The van der Waals surface area contributed by atoms with Crippen LogP contribution in [0.1, 0.15) is 28.2 Å². The summed E-state index contributed by atoms with van der Waals surface area (Å²) in [5.41, 5.74) is 0.522. The van der Waals surface area contributed by atoms with Gasteiger partial charge in [0.05, 0.1) is 10.4 Å². The number of halogens is 3. The van der Waals surface area contributed by atoms with Crippen molar-refractivity contribution < 1.29 is 4.79 Å². The van der Waals surface area contributed by atoms with E-state index in [-0.39, 0.29) is 11.9 Å². The van der Waals surface area contributed by atoms with Crippen molar-refractivity contribution in [3.8, 4) is 0 Å². The lowest BCUT2D eigenvalue weighted by Crippen LogP contribution is -2.26. The molecule has 0 aliphatic rings. The fourth-order valence-corrected chi connectivity index (χ4v) is 3.52. The van der Waals surface area contributed by atoms with Gasteiger partial charge in [-0.1, -0.05) is 39.1 Å². The minimum atomic E-state index is -0.166. The molecule has 1 aromatic carbocycles. The molecule has 0 radical (unpaired) electrons. The van der Waals surface area contributed by atoms with Gasteiger partial charge in [-0.25, -0.2) is 0 Å². The highest BCUT2D eigenvalue weighted by Gasteiger charge is 2.14. The first-order valence-electron chi connectivity index (χ1n) is 5.48. The summed E-state index contributed by atoms with van der Waals surface area (Å²) in [6, 6.07) is 8.74. The van der Waals surface area contributed by atoms with E-state index in [2.05, 4.69) is 21.2 Å². The quantitative estimate of drug-likeness (QED) is 0.770. The first-order chi connectivity index (χ1) is 8.95. The van der Waals surface area contributed by atoms with E-state index in [9.17, 15) is 4.79 Å². The number of rotatable bonds is 3. The van der Waals surface area contributed by atoms with Crippen LogP contribution in [0.25, 0.3) is 0 Å². The van der Waals surface area contributed by atoms with Gasteiger partial charge >= 0.3 is 0 Å². The minimum Gasteiger partial charge on any atom is -0.345 e. The second kappa shape index (κ2) is 6.27. The maximum absolute atomic E-state index is 12.1. The van der Waals surface area contributed by atoms with Crippen LogP contribution < -0.4 is 5.32 Å². The lowest BCUT2D eigenvalue weighted by molar-refractivity contribution is 0.0940. The van der Waals surface area contributed by atoms with Crippen LogP contribution in [0.3, 0.4) is 0 Å². The number of benzene rings is 1. The summed E-state index contributed by atoms with van der Waals surface area (Å²) >= 11 is 16.6. The molecular formula is C13H10BrCl2NOS. The molecule has 1 aromatic heterocycles. The molecule has 2 nitrogen and oxygen atoms in total. The molecule has 2 aromatic rings.